The van der Waals surface area contributed by atoms with Crippen molar-refractivity contribution < 1.29 is 4.74 Å². The average Bonchev–Trinajstić information content (AvgIpc) is 2.25. The third kappa shape index (κ3) is 6.24. The Morgan fingerprint density at radius 3 is 2.11 bits per heavy atom. The highest BCUT2D eigenvalue weighted by atomic mass is 16.5. The van der Waals surface area contributed by atoms with Gasteiger partial charge >= 0.3 is 0 Å². The Balaban J connectivity index is 4.32. The van der Waals surface area contributed by atoms with Gasteiger partial charge in [0, 0.05) is 26.7 Å². The quantitative estimate of drug-likeness (QED) is 0.586. The van der Waals surface area contributed by atoms with Crippen molar-refractivity contribution >= 4 is 5.96 Å². The van der Waals surface area contributed by atoms with Crippen LogP contribution in [0.15, 0.2) is 4.99 Å². The van der Waals surface area contributed by atoms with Crippen LogP contribution in [-0.4, -0.2) is 38.8 Å². The van der Waals surface area contributed by atoms with Crippen molar-refractivity contribution in [3.8, 4) is 0 Å². The molecule has 0 rings (SSSR count). The fourth-order valence-corrected chi connectivity index (χ4v) is 1.51. The molecule has 0 aliphatic carbocycles. The van der Waals surface area contributed by atoms with Gasteiger partial charge in [-0.25, -0.2) is 0 Å². The molecule has 108 valence electrons. The Hall–Kier alpha value is -0.770. The van der Waals surface area contributed by atoms with E-state index in [-0.39, 0.29) is 11.5 Å². The summed E-state index contributed by atoms with van der Waals surface area (Å²) in [6.07, 6.45) is 0.158. The molecule has 0 spiro atoms. The number of rotatable bonds is 5. The van der Waals surface area contributed by atoms with Gasteiger partial charge in [0.05, 0.1) is 6.10 Å². The Kier molecular flexibility index (Phi) is 7.29. The summed E-state index contributed by atoms with van der Waals surface area (Å²) in [5, 5.41) is 6.71. The Morgan fingerprint density at radius 1 is 1.22 bits per heavy atom. The first-order valence-corrected chi connectivity index (χ1v) is 6.72. The van der Waals surface area contributed by atoms with Crippen molar-refractivity contribution in [2.75, 3.05) is 20.7 Å². The molecule has 0 radical (unpaired) electrons. The van der Waals surface area contributed by atoms with Crippen molar-refractivity contribution in [2.24, 2.45) is 16.3 Å². The standard InChI is InChI=1S/C14H31N3O/c1-10(2)11(3)17-13(15-7)16-9-12(18-8)14(4,5)6/h10-12H,9H2,1-8H3,(H2,15,16,17). The van der Waals surface area contributed by atoms with Gasteiger partial charge in [-0.3, -0.25) is 4.99 Å². The van der Waals surface area contributed by atoms with E-state index < -0.39 is 0 Å². The van der Waals surface area contributed by atoms with Crippen LogP contribution in [-0.2, 0) is 4.74 Å². The molecular weight excluding hydrogens is 226 g/mol. The van der Waals surface area contributed by atoms with Crippen LogP contribution in [0.4, 0.5) is 0 Å². The average molecular weight is 257 g/mol. The number of nitrogens with zero attached hydrogens (tertiary/aromatic N) is 1. The van der Waals surface area contributed by atoms with Crippen molar-refractivity contribution in [3.63, 3.8) is 0 Å². The van der Waals surface area contributed by atoms with Crippen LogP contribution < -0.4 is 10.6 Å². The maximum atomic E-state index is 5.52. The predicted molar refractivity (Wildman–Crippen MR) is 79.0 cm³/mol. The molecule has 4 nitrogen and oxygen atoms in total. The molecular formula is C14H31N3O. The van der Waals surface area contributed by atoms with E-state index in [0.29, 0.717) is 12.0 Å². The largest absolute Gasteiger partial charge is 0.379 e. The Bertz CT molecular complexity index is 256. The molecule has 0 saturated carbocycles. The van der Waals surface area contributed by atoms with E-state index in [1.54, 1.807) is 14.2 Å². The number of guanidine groups is 1. The highest BCUT2D eigenvalue weighted by Gasteiger charge is 2.24. The van der Waals surface area contributed by atoms with Crippen molar-refractivity contribution in [2.45, 2.75) is 53.7 Å². The summed E-state index contributed by atoms with van der Waals surface area (Å²) in [6, 6.07) is 0.395. The van der Waals surface area contributed by atoms with Crippen LogP contribution in [0, 0.1) is 11.3 Å². The molecule has 0 aromatic carbocycles. The summed E-state index contributed by atoms with van der Waals surface area (Å²) in [5.41, 5.74) is 0.115. The number of hydrogen-bond donors (Lipinski definition) is 2. The van der Waals surface area contributed by atoms with Gasteiger partial charge in [0.25, 0.3) is 0 Å². The zero-order chi connectivity index (χ0) is 14.3. The van der Waals surface area contributed by atoms with E-state index in [9.17, 15) is 0 Å². The van der Waals surface area contributed by atoms with Gasteiger partial charge in [-0.05, 0) is 18.3 Å². The van der Waals surface area contributed by atoms with Gasteiger partial charge in [0.15, 0.2) is 5.96 Å². The molecule has 4 heteroatoms. The molecule has 0 fully saturated rings. The highest BCUT2D eigenvalue weighted by Crippen LogP contribution is 2.20. The van der Waals surface area contributed by atoms with Crippen LogP contribution in [0.5, 0.6) is 0 Å². The van der Waals surface area contributed by atoms with Crippen molar-refractivity contribution in [1.29, 1.82) is 0 Å². The lowest BCUT2D eigenvalue weighted by Crippen LogP contribution is -2.48. The number of nitrogens with one attached hydrogen (secondary N) is 2. The Morgan fingerprint density at radius 2 is 1.78 bits per heavy atom. The Labute approximate surface area is 113 Å². The molecule has 0 saturated heterocycles. The van der Waals surface area contributed by atoms with Crippen LogP contribution in [0.2, 0.25) is 0 Å². The molecule has 2 N–H and O–H groups in total. The zero-order valence-electron chi connectivity index (χ0n) is 13.3. The lowest BCUT2D eigenvalue weighted by Gasteiger charge is -2.30. The summed E-state index contributed by atoms with van der Waals surface area (Å²) >= 11 is 0. The summed E-state index contributed by atoms with van der Waals surface area (Å²) in [5.74, 6) is 1.41. The summed E-state index contributed by atoms with van der Waals surface area (Å²) in [7, 11) is 3.55. The van der Waals surface area contributed by atoms with E-state index in [0.717, 1.165) is 12.5 Å². The maximum absolute atomic E-state index is 5.52. The number of hydrogen-bond acceptors (Lipinski definition) is 2. The number of ether oxygens (including phenoxy) is 1. The second kappa shape index (κ2) is 7.62. The normalized spacial score (nSPS) is 16.6. The van der Waals surface area contributed by atoms with Crippen LogP contribution >= 0.6 is 0 Å². The molecule has 0 bridgehead atoms. The predicted octanol–water partition coefficient (Wildman–Crippen LogP) is 2.26. The minimum Gasteiger partial charge on any atom is -0.379 e. The fourth-order valence-electron chi connectivity index (χ4n) is 1.51. The topological polar surface area (TPSA) is 45.7 Å². The molecule has 18 heavy (non-hydrogen) atoms. The second-order valence-electron chi connectivity index (χ2n) is 6.22. The highest BCUT2D eigenvalue weighted by molar-refractivity contribution is 5.79. The molecule has 0 aromatic rings. The summed E-state index contributed by atoms with van der Waals surface area (Å²) < 4.78 is 5.52. The molecule has 0 amide bonds. The molecule has 2 unspecified atom stereocenters. The molecule has 0 aliphatic heterocycles. The van der Waals surface area contributed by atoms with E-state index in [4.69, 9.17) is 4.74 Å². The van der Waals surface area contributed by atoms with Gasteiger partial charge in [-0.15, -0.1) is 0 Å². The van der Waals surface area contributed by atoms with Crippen molar-refractivity contribution in [3.05, 3.63) is 0 Å². The third-order valence-corrected chi connectivity index (χ3v) is 3.29. The summed E-state index contributed by atoms with van der Waals surface area (Å²) in [6.45, 7) is 13.8. The first-order chi connectivity index (χ1) is 8.22. The van der Waals surface area contributed by atoms with E-state index >= 15 is 0 Å². The molecule has 0 aromatic heterocycles. The molecule has 0 heterocycles. The first kappa shape index (κ1) is 17.2. The maximum Gasteiger partial charge on any atom is 0.191 e. The van der Waals surface area contributed by atoms with Gasteiger partial charge < -0.3 is 15.4 Å². The lowest BCUT2D eigenvalue weighted by molar-refractivity contribution is 0.0205. The summed E-state index contributed by atoms with van der Waals surface area (Å²) in [4.78, 5) is 4.24. The monoisotopic (exact) mass is 257 g/mol. The van der Waals surface area contributed by atoms with Gasteiger partial charge in [-0.1, -0.05) is 34.6 Å². The smallest absolute Gasteiger partial charge is 0.191 e. The first-order valence-electron chi connectivity index (χ1n) is 6.72. The third-order valence-electron chi connectivity index (χ3n) is 3.29. The van der Waals surface area contributed by atoms with Crippen LogP contribution in [0.3, 0.4) is 0 Å². The zero-order valence-corrected chi connectivity index (χ0v) is 13.3. The van der Waals surface area contributed by atoms with E-state index in [2.05, 4.69) is 57.2 Å². The van der Waals surface area contributed by atoms with E-state index in [1.165, 1.54) is 0 Å². The molecule has 2 atom stereocenters. The van der Waals surface area contributed by atoms with Gasteiger partial charge in [0.1, 0.15) is 0 Å². The minimum absolute atomic E-state index is 0.115. The fraction of sp³-hybridized carbons (Fsp3) is 0.929. The van der Waals surface area contributed by atoms with Gasteiger partial charge in [-0.2, -0.15) is 0 Å². The minimum atomic E-state index is 0.115. The molecule has 0 aliphatic rings. The van der Waals surface area contributed by atoms with Crippen molar-refractivity contribution in [1.82, 2.24) is 10.6 Å². The number of methoxy groups -OCH3 is 1. The van der Waals surface area contributed by atoms with Gasteiger partial charge in [0.2, 0.25) is 0 Å². The SMILES string of the molecule is CN=C(NCC(OC)C(C)(C)C)NC(C)C(C)C. The van der Waals surface area contributed by atoms with Crippen LogP contribution in [0.25, 0.3) is 0 Å². The second-order valence-corrected chi connectivity index (χ2v) is 6.22. The van der Waals surface area contributed by atoms with E-state index in [1.807, 2.05) is 0 Å². The number of aliphatic imine (C=N–C) groups is 1. The lowest BCUT2D eigenvalue weighted by atomic mass is 9.89. The van der Waals surface area contributed by atoms with Crippen LogP contribution in [0.1, 0.15) is 41.5 Å².